The maximum absolute atomic E-state index is 12.2. The van der Waals surface area contributed by atoms with Crippen LogP contribution in [0.1, 0.15) is 56.3 Å². The van der Waals surface area contributed by atoms with E-state index in [1.807, 2.05) is 37.3 Å². The lowest BCUT2D eigenvalue weighted by Gasteiger charge is -2.10. The van der Waals surface area contributed by atoms with Gasteiger partial charge in [0, 0.05) is 23.5 Å². The number of nitrogens with one attached hydrogen (secondary N) is 3. The van der Waals surface area contributed by atoms with Gasteiger partial charge in [-0.25, -0.2) is 0 Å². The second-order valence-corrected chi connectivity index (χ2v) is 7.17. The van der Waals surface area contributed by atoms with Gasteiger partial charge in [0.05, 0.1) is 13.2 Å². The number of anilines is 2. The lowest BCUT2D eigenvalue weighted by Crippen LogP contribution is -2.24. The van der Waals surface area contributed by atoms with Crippen LogP contribution in [0.5, 0.6) is 5.75 Å². The van der Waals surface area contributed by atoms with Gasteiger partial charge in [0.1, 0.15) is 5.75 Å². The average Bonchev–Trinajstić information content (AvgIpc) is 2.77. The summed E-state index contributed by atoms with van der Waals surface area (Å²) in [5.74, 6) is 0.530. The molecule has 3 N–H and O–H groups in total. The zero-order chi connectivity index (χ0) is 21.6. The average molecular weight is 412 g/mol. The Balaban J connectivity index is 1.76. The molecule has 162 valence electrons. The number of rotatable bonds is 13. The van der Waals surface area contributed by atoms with Gasteiger partial charge in [-0.15, -0.1) is 0 Å². The van der Waals surface area contributed by atoms with Crippen LogP contribution in [0.3, 0.4) is 0 Å². The lowest BCUT2D eigenvalue weighted by molar-refractivity contribution is -0.114. The Kier molecular flexibility index (Phi) is 10.3. The molecule has 0 bridgehead atoms. The molecular formula is C24H33N3O3. The maximum atomic E-state index is 12.2. The largest absolute Gasteiger partial charge is 0.494 e. The van der Waals surface area contributed by atoms with Crippen molar-refractivity contribution in [1.82, 2.24) is 5.32 Å². The van der Waals surface area contributed by atoms with Crippen molar-refractivity contribution in [2.75, 3.05) is 30.3 Å². The number of carbonyl (C=O) groups is 2. The van der Waals surface area contributed by atoms with E-state index in [-0.39, 0.29) is 18.4 Å². The van der Waals surface area contributed by atoms with Crippen molar-refractivity contribution in [1.29, 1.82) is 0 Å². The number of hydrogen-bond acceptors (Lipinski definition) is 4. The number of ether oxygens (including phenoxy) is 1. The van der Waals surface area contributed by atoms with E-state index in [0.717, 1.165) is 24.3 Å². The standard InChI is InChI=1S/C24H33N3O3/c1-3-5-6-7-16-30-22-13-11-20(12-14-22)27-23(28)18-26-21-10-8-9-19(17-21)24(29)25-15-4-2/h8-14,17,26H,3-7,15-16,18H2,1-2H3,(H,25,29)(H,27,28). The fraction of sp³-hybridized carbons (Fsp3) is 0.417. The molecule has 6 heteroatoms. The Morgan fingerprint density at radius 3 is 2.43 bits per heavy atom. The molecule has 0 aliphatic heterocycles. The van der Waals surface area contributed by atoms with Crippen molar-refractivity contribution in [3.05, 3.63) is 54.1 Å². The first-order valence-corrected chi connectivity index (χ1v) is 10.8. The summed E-state index contributed by atoms with van der Waals surface area (Å²) in [5, 5.41) is 8.75. The van der Waals surface area contributed by atoms with Crippen LogP contribution in [0.2, 0.25) is 0 Å². The minimum absolute atomic E-state index is 0.107. The fourth-order valence-electron chi connectivity index (χ4n) is 2.85. The monoisotopic (exact) mass is 411 g/mol. The Morgan fingerprint density at radius 2 is 1.70 bits per heavy atom. The topological polar surface area (TPSA) is 79.5 Å². The van der Waals surface area contributed by atoms with Crippen molar-refractivity contribution in [2.45, 2.75) is 46.0 Å². The van der Waals surface area contributed by atoms with Crippen LogP contribution in [0, 0.1) is 0 Å². The van der Waals surface area contributed by atoms with Gasteiger partial charge in [-0.05, 0) is 55.3 Å². The molecule has 0 saturated carbocycles. The van der Waals surface area contributed by atoms with Crippen LogP contribution in [0.4, 0.5) is 11.4 Å². The highest BCUT2D eigenvalue weighted by Gasteiger charge is 2.07. The molecule has 0 saturated heterocycles. The van der Waals surface area contributed by atoms with Crippen molar-refractivity contribution < 1.29 is 14.3 Å². The van der Waals surface area contributed by atoms with Gasteiger partial charge in [-0.1, -0.05) is 39.2 Å². The molecule has 30 heavy (non-hydrogen) atoms. The third-order valence-corrected chi connectivity index (χ3v) is 4.52. The second-order valence-electron chi connectivity index (χ2n) is 7.17. The maximum Gasteiger partial charge on any atom is 0.251 e. The van der Waals surface area contributed by atoms with Gasteiger partial charge >= 0.3 is 0 Å². The lowest BCUT2D eigenvalue weighted by atomic mass is 10.2. The third kappa shape index (κ3) is 8.55. The van der Waals surface area contributed by atoms with Crippen molar-refractivity contribution in [3.8, 4) is 5.75 Å². The Hall–Kier alpha value is -3.02. The highest BCUT2D eigenvalue weighted by atomic mass is 16.5. The molecule has 2 rings (SSSR count). The molecule has 2 aromatic carbocycles. The molecule has 0 spiro atoms. The quantitative estimate of drug-likeness (QED) is 0.412. The number of benzene rings is 2. The number of carbonyl (C=O) groups excluding carboxylic acids is 2. The molecule has 2 amide bonds. The summed E-state index contributed by atoms with van der Waals surface area (Å²) in [6.45, 7) is 5.65. The molecule has 0 fully saturated rings. The first-order valence-electron chi connectivity index (χ1n) is 10.8. The van der Waals surface area contributed by atoms with Gasteiger partial charge in [0.2, 0.25) is 5.91 Å². The fourth-order valence-corrected chi connectivity index (χ4v) is 2.85. The SMILES string of the molecule is CCCCCCOc1ccc(NC(=O)CNc2cccc(C(=O)NCCC)c2)cc1. The van der Waals surface area contributed by atoms with Crippen LogP contribution in [0.25, 0.3) is 0 Å². The number of unbranched alkanes of at least 4 members (excludes halogenated alkanes) is 3. The van der Waals surface area contributed by atoms with Crippen LogP contribution in [-0.2, 0) is 4.79 Å². The van der Waals surface area contributed by atoms with Crippen LogP contribution in [0.15, 0.2) is 48.5 Å². The van der Waals surface area contributed by atoms with E-state index in [4.69, 9.17) is 4.74 Å². The summed E-state index contributed by atoms with van der Waals surface area (Å²) >= 11 is 0. The number of amides is 2. The van der Waals surface area contributed by atoms with Crippen molar-refractivity contribution in [3.63, 3.8) is 0 Å². The molecule has 2 aromatic rings. The molecule has 0 heterocycles. The first kappa shape index (κ1) is 23.3. The summed E-state index contributed by atoms with van der Waals surface area (Å²) in [4.78, 5) is 24.3. The molecule has 0 aliphatic carbocycles. The smallest absolute Gasteiger partial charge is 0.251 e. The summed E-state index contributed by atoms with van der Waals surface area (Å²) in [6, 6.07) is 14.5. The predicted molar refractivity (Wildman–Crippen MR) is 122 cm³/mol. The normalized spacial score (nSPS) is 10.3. The minimum Gasteiger partial charge on any atom is -0.494 e. The van der Waals surface area contributed by atoms with E-state index in [2.05, 4.69) is 22.9 Å². The van der Waals surface area contributed by atoms with Gasteiger partial charge in [-0.2, -0.15) is 0 Å². The summed E-state index contributed by atoms with van der Waals surface area (Å²) in [7, 11) is 0. The summed E-state index contributed by atoms with van der Waals surface area (Å²) in [5.41, 5.74) is 2.01. The Morgan fingerprint density at radius 1 is 0.900 bits per heavy atom. The van der Waals surface area contributed by atoms with Gasteiger partial charge in [0.15, 0.2) is 0 Å². The van der Waals surface area contributed by atoms with Gasteiger partial charge in [0.25, 0.3) is 5.91 Å². The van der Waals surface area contributed by atoms with E-state index < -0.39 is 0 Å². The molecular weight excluding hydrogens is 378 g/mol. The van der Waals surface area contributed by atoms with Crippen molar-refractivity contribution in [2.24, 2.45) is 0 Å². The number of hydrogen-bond donors (Lipinski definition) is 3. The minimum atomic E-state index is -0.163. The highest BCUT2D eigenvalue weighted by molar-refractivity contribution is 5.96. The van der Waals surface area contributed by atoms with Crippen LogP contribution >= 0.6 is 0 Å². The second kappa shape index (κ2) is 13.2. The van der Waals surface area contributed by atoms with E-state index in [1.54, 1.807) is 18.2 Å². The first-order chi connectivity index (χ1) is 14.6. The van der Waals surface area contributed by atoms with Crippen LogP contribution < -0.4 is 20.7 Å². The molecule has 0 aromatic heterocycles. The summed E-state index contributed by atoms with van der Waals surface area (Å²) in [6.07, 6.45) is 5.57. The molecule has 0 unspecified atom stereocenters. The van der Waals surface area contributed by atoms with Gasteiger partial charge in [-0.3, -0.25) is 9.59 Å². The van der Waals surface area contributed by atoms with E-state index in [9.17, 15) is 9.59 Å². The highest BCUT2D eigenvalue weighted by Crippen LogP contribution is 2.16. The van der Waals surface area contributed by atoms with Crippen LogP contribution in [-0.4, -0.2) is 31.5 Å². The van der Waals surface area contributed by atoms with E-state index >= 15 is 0 Å². The van der Waals surface area contributed by atoms with E-state index in [1.165, 1.54) is 19.3 Å². The van der Waals surface area contributed by atoms with Crippen molar-refractivity contribution >= 4 is 23.2 Å². The molecule has 0 atom stereocenters. The molecule has 6 nitrogen and oxygen atoms in total. The Bertz CT molecular complexity index is 791. The molecule has 0 aliphatic rings. The molecule has 0 radical (unpaired) electrons. The Labute approximate surface area is 179 Å². The van der Waals surface area contributed by atoms with E-state index in [0.29, 0.717) is 24.4 Å². The zero-order valence-corrected chi connectivity index (χ0v) is 18.0. The third-order valence-electron chi connectivity index (χ3n) is 4.52. The zero-order valence-electron chi connectivity index (χ0n) is 18.0. The predicted octanol–water partition coefficient (Wildman–Crippen LogP) is 4.84. The summed E-state index contributed by atoms with van der Waals surface area (Å²) < 4.78 is 5.72. The van der Waals surface area contributed by atoms with Gasteiger partial charge < -0.3 is 20.7 Å².